The van der Waals surface area contributed by atoms with E-state index in [1.165, 1.54) is 16.7 Å². The maximum Gasteiger partial charge on any atom is 0.305 e. The van der Waals surface area contributed by atoms with Gasteiger partial charge in [0.05, 0.1) is 19.6 Å². The summed E-state index contributed by atoms with van der Waals surface area (Å²) in [6.07, 6.45) is 0.917. The lowest BCUT2D eigenvalue weighted by Crippen LogP contribution is -2.06. The fourth-order valence-electron chi connectivity index (χ4n) is 1.51. The van der Waals surface area contributed by atoms with Crippen LogP contribution in [-0.4, -0.2) is 24.3 Å². The standard InChI is InChI=1S/C13H18O3/c1-10-3-4-11(2)12(9-10)5-7-16-8-6-13(14)15/h3-4,9H,5-8H2,1-2H3,(H,14,15). The molecular formula is C13H18O3. The third-order valence-electron chi connectivity index (χ3n) is 2.48. The lowest BCUT2D eigenvalue weighted by molar-refractivity contribution is -0.138. The molecule has 0 aromatic heterocycles. The Bertz CT molecular complexity index is 358. The molecule has 1 aromatic rings. The van der Waals surface area contributed by atoms with Crippen LogP contribution in [0.15, 0.2) is 18.2 Å². The van der Waals surface area contributed by atoms with Crippen molar-refractivity contribution in [3.63, 3.8) is 0 Å². The van der Waals surface area contributed by atoms with Crippen molar-refractivity contribution in [2.75, 3.05) is 13.2 Å². The van der Waals surface area contributed by atoms with Gasteiger partial charge in [-0.2, -0.15) is 0 Å². The van der Waals surface area contributed by atoms with Gasteiger partial charge in [0, 0.05) is 0 Å². The quantitative estimate of drug-likeness (QED) is 0.751. The molecule has 16 heavy (non-hydrogen) atoms. The number of benzene rings is 1. The lowest BCUT2D eigenvalue weighted by Gasteiger charge is -2.07. The summed E-state index contributed by atoms with van der Waals surface area (Å²) in [7, 11) is 0. The number of carbonyl (C=O) groups is 1. The molecule has 0 bridgehead atoms. The summed E-state index contributed by atoms with van der Waals surface area (Å²) >= 11 is 0. The van der Waals surface area contributed by atoms with Gasteiger partial charge in [-0.05, 0) is 31.4 Å². The highest BCUT2D eigenvalue weighted by Crippen LogP contribution is 2.11. The zero-order valence-electron chi connectivity index (χ0n) is 9.82. The second kappa shape index (κ2) is 6.28. The van der Waals surface area contributed by atoms with Gasteiger partial charge in [0.15, 0.2) is 0 Å². The number of carboxylic acid groups (broad SMARTS) is 1. The van der Waals surface area contributed by atoms with E-state index in [9.17, 15) is 4.79 Å². The molecule has 0 atom stereocenters. The smallest absolute Gasteiger partial charge is 0.305 e. The molecule has 0 fully saturated rings. The number of aryl methyl sites for hydroxylation is 2. The van der Waals surface area contributed by atoms with Crippen LogP contribution in [0.1, 0.15) is 23.1 Å². The Morgan fingerprint density at radius 1 is 1.31 bits per heavy atom. The van der Waals surface area contributed by atoms with Crippen LogP contribution in [0.5, 0.6) is 0 Å². The highest BCUT2D eigenvalue weighted by molar-refractivity contribution is 5.66. The van der Waals surface area contributed by atoms with E-state index in [4.69, 9.17) is 9.84 Å². The molecule has 3 heteroatoms. The van der Waals surface area contributed by atoms with E-state index in [0.29, 0.717) is 13.2 Å². The maximum absolute atomic E-state index is 10.3. The number of ether oxygens (including phenoxy) is 1. The van der Waals surface area contributed by atoms with Crippen LogP contribution in [0.3, 0.4) is 0 Å². The minimum Gasteiger partial charge on any atom is -0.481 e. The van der Waals surface area contributed by atoms with Gasteiger partial charge in [0.2, 0.25) is 0 Å². The molecule has 0 spiro atoms. The molecule has 0 heterocycles. The Morgan fingerprint density at radius 3 is 2.75 bits per heavy atom. The van der Waals surface area contributed by atoms with Crippen molar-refractivity contribution in [1.82, 2.24) is 0 Å². The SMILES string of the molecule is Cc1ccc(C)c(CCOCCC(=O)O)c1. The van der Waals surface area contributed by atoms with Crippen LogP contribution in [0.2, 0.25) is 0 Å². The van der Waals surface area contributed by atoms with E-state index in [1.807, 2.05) is 0 Å². The van der Waals surface area contributed by atoms with Crippen molar-refractivity contribution in [2.24, 2.45) is 0 Å². The summed E-state index contributed by atoms with van der Waals surface area (Å²) in [5.74, 6) is -0.813. The molecule has 0 amide bonds. The second-order valence-electron chi connectivity index (χ2n) is 3.94. The summed E-state index contributed by atoms with van der Waals surface area (Å²) in [5.41, 5.74) is 3.77. The summed E-state index contributed by atoms with van der Waals surface area (Å²) < 4.78 is 5.26. The third kappa shape index (κ3) is 4.45. The van der Waals surface area contributed by atoms with Gasteiger partial charge in [-0.1, -0.05) is 23.8 Å². The van der Waals surface area contributed by atoms with Crippen molar-refractivity contribution >= 4 is 5.97 Å². The fourth-order valence-corrected chi connectivity index (χ4v) is 1.51. The highest BCUT2D eigenvalue weighted by atomic mass is 16.5. The molecule has 0 aliphatic heterocycles. The summed E-state index contributed by atoms with van der Waals surface area (Å²) in [5, 5.41) is 8.43. The number of aliphatic carboxylic acids is 1. The third-order valence-corrected chi connectivity index (χ3v) is 2.48. The Labute approximate surface area is 96.1 Å². The van der Waals surface area contributed by atoms with E-state index >= 15 is 0 Å². The monoisotopic (exact) mass is 222 g/mol. The van der Waals surface area contributed by atoms with E-state index in [0.717, 1.165) is 6.42 Å². The van der Waals surface area contributed by atoms with Gasteiger partial charge in [0.1, 0.15) is 0 Å². The first-order valence-corrected chi connectivity index (χ1v) is 5.45. The highest BCUT2D eigenvalue weighted by Gasteiger charge is 2.00. The molecule has 1 aromatic carbocycles. The van der Waals surface area contributed by atoms with E-state index in [2.05, 4.69) is 32.0 Å². The Kier molecular flexibility index (Phi) is 4.99. The van der Waals surface area contributed by atoms with Crippen molar-refractivity contribution in [2.45, 2.75) is 26.7 Å². The van der Waals surface area contributed by atoms with E-state index < -0.39 is 5.97 Å². The first kappa shape index (κ1) is 12.7. The minimum absolute atomic E-state index is 0.0762. The van der Waals surface area contributed by atoms with Gasteiger partial charge >= 0.3 is 5.97 Å². The van der Waals surface area contributed by atoms with Gasteiger partial charge in [-0.25, -0.2) is 0 Å². The maximum atomic E-state index is 10.3. The topological polar surface area (TPSA) is 46.5 Å². The van der Waals surface area contributed by atoms with E-state index in [1.54, 1.807) is 0 Å². The first-order valence-electron chi connectivity index (χ1n) is 5.45. The van der Waals surface area contributed by atoms with Gasteiger partial charge in [-0.3, -0.25) is 4.79 Å². The molecule has 0 radical (unpaired) electrons. The molecule has 1 rings (SSSR count). The summed E-state index contributed by atoms with van der Waals surface area (Å²) in [6, 6.07) is 6.34. The number of hydrogen-bond donors (Lipinski definition) is 1. The van der Waals surface area contributed by atoms with Gasteiger partial charge in [0.25, 0.3) is 0 Å². The predicted octanol–water partition coefficient (Wildman–Crippen LogP) is 2.34. The second-order valence-corrected chi connectivity index (χ2v) is 3.94. The Balaban J connectivity index is 2.31. The van der Waals surface area contributed by atoms with E-state index in [-0.39, 0.29) is 6.42 Å². The van der Waals surface area contributed by atoms with Crippen molar-refractivity contribution in [3.8, 4) is 0 Å². The van der Waals surface area contributed by atoms with Gasteiger partial charge < -0.3 is 9.84 Å². The summed E-state index contributed by atoms with van der Waals surface area (Å²) in [6.45, 7) is 5.01. The van der Waals surface area contributed by atoms with Crippen LogP contribution in [0, 0.1) is 13.8 Å². The molecular weight excluding hydrogens is 204 g/mol. The zero-order chi connectivity index (χ0) is 12.0. The molecule has 0 aliphatic rings. The Hall–Kier alpha value is -1.35. The van der Waals surface area contributed by atoms with Crippen LogP contribution < -0.4 is 0 Å². The average Bonchev–Trinajstić information content (AvgIpc) is 2.22. The van der Waals surface area contributed by atoms with Crippen molar-refractivity contribution < 1.29 is 14.6 Å². The molecule has 1 N–H and O–H groups in total. The van der Waals surface area contributed by atoms with Gasteiger partial charge in [-0.15, -0.1) is 0 Å². The minimum atomic E-state index is -0.813. The largest absolute Gasteiger partial charge is 0.481 e. The van der Waals surface area contributed by atoms with Crippen LogP contribution >= 0.6 is 0 Å². The van der Waals surface area contributed by atoms with Crippen LogP contribution in [-0.2, 0) is 16.0 Å². The van der Waals surface area contributed by atoms with Crippen LogP contribution in [0.25, 0.3) is 0 Å². The average molecular weight is 222 g/mol. The fraction of sp³-hybridized carbons (Fsp3) is 0.462. The normalized spacial score (nSPS) is 10.4. The number of carboxylic acids is 1. The Morgan fingerprint density at radius 2 is 2.06 bits per heavy atom. The number of rotatable bonds is 6. The molecule has 3 nitrogen and oxygen atoms in total. The molecule has 0 unspecified atom stereocenters. The summed E-state index contributed by atoms with van der Waals surface area (Å²) in [4.78, 5) is 10.3. The molecule has 88 valence electrons. The number of hydrogen-bond acceptors (Lipinski definition) is 2. The molecule has 0 saturated carbocycles. The lowest BCUT2D eigenvalue weighted by atomic mass is 10.0. The van der Waals surface area contributed by atoms with Crippen molar-refractivity contribution in [1.29, 1.82) is 0 Å². The predicted molar refractivity (Wildman–Crippen MR) is 62.7 cm³/mol. The van der Waals surface area contributed by atoms with Crippen LogP contribution in [0.4, 0.5) is 0 Å². The molecule has 0 saturated heterocycles. The zero-order valence-corrected chi connectivity index (χ0v) is 9.82. The first-order chi connectivity index (χ1) is 7.59. The molecule has 0 aliphatic carbocycles. The van der Waals surface area contributed by atoms with Crippen molar-refractivity contribution in [3.05, 3.63) is 34.9 Å².